The zero-order chi connectivity index (χ0) is 20.8. The van der Waals surface area contributed by atoms with Crippen LogP contribution in [0.5, 0.6) is 11.5 Å². The van der Waals surface area contributed by atoms with Crippen LogP contribution in [0.25, 0.3) is 5.69 Å². The third kappa shape index (κ3) is 3.56. The summed E-state index contributed by atoms with van der Waals surface area (Å²) in [5, 5.41) is 14.1. The van der Waals surface area contributed by atoms with Crippen LogP contribution in [0.2, 0.25) is 5.02 Å². The SMILES string of the molecule is Cc1nn(-c2ccc(C#N)c(Cl)c2)c(C)c1COc1cccc2c1OC(C)(C)C2. The van der Waals surface area contributed by atoms with Crippen LogP contribution in [-0.4, -0.2) is 15.4 Å². The number of rotatable bonds is 4. The van der Waals surface area contributed by atoms with Crippen molar-refractivity contribution in [3.63, 3.8) is 0 Å². The maximum atomic E-state index is 9.08. The summed E-state index contributed by atoms with van der Waals surface area (Å²) in [5.74, 6) is 1.58. The van der Waals surface area contributed by atoms with Gasteiger partial charge in [-0.05, 0) is 52.0 Å². The molecule has 0 saturated carbocycles. The summed E-state index contributed by atoms with van der Waals surface area (Å²) in [6.45, 7) is 8.51. The molecule has 29 heavy (non-hydrogen) atoms. The third-order valence-corrected chi connectivity index (χ3v) is 5.50. The quantitative estimate of drug-likeness (QED) is 0.588. The van der Waals surface area contributed by atoms with Gasteiger partial charge < -0.3 is 9.47 Å². The molecule has 0 unspecified atom stereocenters. The van der Waals surface area contributed by atoms with Crippen LogP contribution >= 0.6 is 11.6 Å². The molecule has 0 saturated heterocycles. The van der Waals surface area contributed by atoms with Crippen LogP contribution in [0.15, 0.2) is 36.4 Å². The number of hydrogen-bond donors (Lipinski definition) is 0. The Morgan fingerprint density at radius 3 is 2.79 bits per heavy atom. The first-order valence-electron chi connectivity index (χ1n) is 9.48. The van der Waals surface area contributed by atoms with E-state index >= 15 is 0 Å². The highest BCUT2D eigenvalue weighted by atomic mass is 35.5. The van der Waals surface area contributed by atoms with E-state index in [9.17, 15) is 0 Å². The first-order chi connectivity index (χ1) is 13.8. The zero-order valence-electron chi connectivity index (χ0n) is 16.9. The monoisotopic (exact) mass is 407 g/mol. The molecule has 4 rings (SSSR count). The second kappa shape index (κ2) is 7.13. The number of halogens is 1. The molecule has 0 aliphatic carbocycles. The molecule has 0 fully saturated rings. The predicted octanol–water partition coefficient (Wildman–Crippen LogP) is 5.31. The van der Waals surface area contributed by atoms with Crippen molar-refractivity contribution in [1.82, 2.24) is 9.78 Å². The summed E-state index contributed by atoms with van der Waals surface area (Å²) in [6.07, 6.45) is 0.870. The summed E-state index contributed by atoms with van der Waals surface area (Å²) >= 11 is 6.19. The average molecular weight is 408 g/mol. The lowest BCUT2D eigenvalue weighted by Crippen LogP contribution is -2.24. The molecule has 0 bridgehead atoms. The Balaban J connectivity index is 1.60. The van der Waals surface area contributed by atoms with Crippen molar-refractivity contribution >= 4 is 11.6 Å². The summed E-state index contributed by atoms with van der Waals surface area (Å²) in [5.41, 5.74) is 5.08. The van der Waals surface area contributed by atoms with Crippen LogP contribution in [-0.2, 0) is 13.0 Å². The maximum absolute atomic E-state index is 9.08. The average Bonchev–Trinajstić information content (AvgIpc) is 3.14. The van der Waals surface area contributed by atoms with E-state index < -0.39 is 0 Å². The molecule has 1 aliphatic heterocycles. The normalized spacial score (nSPS) is 14.2. The highest BCUT2D eigenvalue weighted by Crippen LogP contribution is 2.42. The Morgan fingerprint density at radius 2 is 2.07 bits per heavy atom. The molecule has 6 heteroatoms. The van der Waals surface area contributed by atoms with E-state index in [2.05, 4.69) is 31.1 Å². The standard InChI is InChI=1S/C23H22ClN3O2/c1-14-19(13-28-21-7-5-6-16-11-23(3,4)29-22(16)21)15(2)27(26-14)18-9-8-17(12-25)20(24)10-18/h5-10H,11,13H2,1-4H3. The van der Waals surface area contributed by atoms with E-state index in [1.54, 1.807) is 12.1 Å². The van der Waals surface area contributed by atoms with Crippen molar-refractivity contribution in [2.24, 2.45) is 0 Å². The van der Waals surface area contributed by atoms with Crippen molar-refractivity contribution in [3.05, 3.63) is 69.5 Å². The van der Waals surface area contributed by atoms with E-state index in [1.165, 1.54) is 5.56 Å². The topological polar surface area (TPSA) is 60.1 Å². The molecule has 2 aromatic carbocycles. The van der Waals surface area contributed by atoms with Crippen LogP contribution < -0.4 is 9.47 Å². The summed E-state index contributed by atoms with van der Waals surface area (Å²) in [4.78, 5) is 0. The van der Waals surface area contributed by atoms with E-state index in [-0.39, 0.29) is 5.60 Å². The zero-order valence-corrected chi connectivity index (χ0v) is 17.7. The number of aromatic nitrogens is 2. The largest absolute Gasteiger partial charge is 0.485 e. The molecular weight excluding hydrogens is 386 g/mol. The third-order valence-electron chi connectivity index (χ3n) is 5.19. The fraction of sp³-hybridized carbons (Fsp3) is 0.304. The van der Waals surface area contributed by atoms with Gasteiger partial charge in [0.2, 0.25) is 0 Å². The number of aryl methyl sites for hydroxylation is 1. The summed E-state index contributed by atoms with van der Waals surface area (Å²) in [6, 6.07) is 13.4. The fourth-order valence-corrected chi connectivity index (χ4v) is 3.93. The van der Waals surface area contributed by atoms with Crippen molar-refractivity contribution in [2.45, 2.75) is 46.3 Å². The lowest BCUT2D eigenvalue weighted by molar-refractivity contribution is 0.131. The predicted molar refractivity (Wildman–Crippen MR) is 112 cm³/mol. The Kier molecular flexibility index (Phi) is 4.76. The molecule has 0 amide bonds. The number of nitrogens with zero attached hydrogens (tertiary/aromatic N) is 3. The highest BCUT2D eigenvalue weighted by Gasteiger charge is 2.32. The summed E-state index contributed by atoms with van der Waals surface area (Å²) in [7, 11) is 0. The first-order valence-corrected chi connectivity index (χ1v) is 9.86. The lowest BCUT2D eigenvalue weighted by atomic mass is 10.0. The minimum atomic E-state index is -0.215. The van der Waals surface area contributed by atoms with E-state index in [4.69, 9.17) is 26.3 Å². The van der Waals surface area contributed by atoms with Crippen LogP contribution in [0.3, 0.4) is 0 Å². The van der Waals surface area contributed by atoms with Gasteiger partial charge in [-0.3, -0.25) is 0 Å². The number of benzene rings is 2. The summed E-state index contributed by atoms with van der Waals surface area (Å²) < 4.78 is 14.1. The molecule has 148 valence electrons. The molecule has 5 nitrogen and oxygen atoms in total. The molecule has 0 radical (unpaired) electrons. The maximum Gasteiger partial charge on any atom is 0.165 e. The van der Waals surface area contributed by atoms with Gasteiger partial charge in [0.15, 0.2) is 11.5 Å². The second-order valence-electron chi connectivity index (χ2n) is 7.91. The number of hydrogen-bond acceptors (Lipinski definition) is 4. The molecule has 1 aromatic heterocycles. The number of fused-ring (bicyclic) bond motifs is 1. The van der Waals surface area contributed by atoms with E-state index in [1.807, 2.05) is 36.7 Å². The number of para-hydroxylation sites is 1. The smallest absolute Gasteiger partial charge is 0.165 e. The van der Waals surface area contributed by atoms with Crippen LogP contribution in [0, 0.1) is 25.2 Å². The van der Waals surface area contributed by atoms with Crippen LogP contribution in [0.1, 0.15) is 41.9 Å². The Morgan fingerprint density at radius 1 is 1.28 bits per heavy atom. The number of nitriles is 1. The van der Waals surface area contributed by atoms with Gasteiger partial charge in [0.25, 0.3) is 0 Å². The second-order valence-corrected chi connectivity index (χ2v) is 8.32. The van der Waals surface area contributed by atoms with Gasteiger partial charge in [-0.1, -0.05) is 23.7 Å². The van der Waals surface area contributed by atoms with Gasteiger partial charge in [0.05, 0.1) is 22.0 Å². The Hall–Kier alpha value is -2.97. The van der Waals surface area contributed by atoms with Crippen molar-refractivity contribution < 1.29 is 9.47 Å². The fourth-order valence-electron chi connectivity index (χ4n) is 3.71. The molecule has 0 spiro atoms. The Bertz CT molecular complexity index is 1140. The van der Waals surface area contributed by atoms with Crippen molar-refractivity contribution in [3.8, 4) is 23.3 Å². The molecule has 0 N–H and O–H groups in total. The highest BCUT2D eigenvalue weighted by molar-refractivity contribution is 6.31. The molecule has 1 aliphatic rings. The molecule has 2 heterocycles. The van der Waals surface area contributed by atoms with E-state index in [0.717, 1.165) is 40.6 Å². The Labute approximate surface area is 175 Å². The van der Waals surface area contributed by atoms with Gasteiger partial charge in [-0.25, -0.2) is 4.68 Å². The van der Waals surface area contributed by atoms with Gasteiger partial charge >= 0.3 is 0 Å². The van der Waals surface area contributed by atoms with Crippen molar-refractivity contribution in [2.75, 3.05) is 0 Å². The minimum absolute atomic E-state index is 0.215. The van der Waals surface area contributed by atoms with Gasteiger partial charge in [-0.15, -0.1) is 0 Å². The van der Waals surface area contributed by atoms with Crippen molar-refractivity contribution in [1.29, 1.82) is 5.26 Å². The van der Waals surface area contributed by atoms with Gasteiger partial charge in [0.1, 0.15) is 18.3 Å². The lowest BCUT2D eigenvalue weighted by Gasteiger charge is -2.18. The van der Waals surface area contributed by atoms with E-state index in [0.29, 0.717) is 17.2 Å². The minimum Gasteiger partial charge on any atom is -0.485 e. The van der Waals surface area contributed by atoms with Gasteiger partial charge in [0, 0.05) is 23.2 Å². The molecule has 3 aromatic rings. The molecule has 0 atom stereocenters. The van der Waals surface area contributed by atoms with Crippen LogP contribution in [0.4, 0.5) is 0 Å². The first kappa shape index (κ1) is 19.4. The number of ether oxygens (including phenoxy) is 2. The molecular formula is C23H22ClN3O2. The van der Waals surface area contributed by atoms with Gasteiger partial charge in [-0.2, -0.15) is 10.4 Å².